The number of halogens is 1. The molecule has 1 fully saturated rings. The van der Waals surface area contributed by atoms with E-state index in [0.29, 0.717) is 5.69 Å². The lowest BCUT2D eigenvalue weighted by atomic mass is 9.98. The van der Waals surface area contributed by atoms with Crippen LogP contribution in [0.4, 0.5) is 5.69 Å². The van der Waals surface area contributed by atoms with Gasteiger partial charge in [0.25, 0.3) is 0 Å². The van der Waals surface area contributed by atoms with E-state index < -0.39 is 0 Å². The number of benzene rings is 2. The maximum atomic E-state index is 12.5. The molecular weight excluding hydrogens is 365 g/mol. The van der Waals surface area contributed by atoms with E-state index >= 15 is 0 Å². The Balaban J connectivity index is 1.93. The van der Waals surface area contributed by atoms with Crippen molar-refractivity contribution in [1.29, 1.82) is 0 Å². The summed E-state index contributed by atoms with van der Waals surface area (Å²) in [4.78, 5) is 26.0. The molecule has 3 nitrogen and oxygen atoms in total. The van der Waals surface area contributed by atoms with Crippen molar-refractivity contribution in [2.45, 2.75) is 12.3 Å². The number of amides is 2. The molecule has 4 heteroatoms. The number of nitrogens with zero attached hydrogens (tertiary/aromatic N) is 1. The molecule has 2 aromatic rings. The molecule has 3 rings (SSSR count). The van der Waals surface area contributed by atoms with E-state index in [1.165, 1.54) is 4.90 Å². The van der Waals surface area contributed by atoms with Crippen LogP contribution >= 0.6 is 22.6 Å². The van der Waals surface area contributed by atoms with Gasteiger partial charge in [-0.3, -0.25) is 14.5 Å². The van der Waals surface area contributed by atoms with Gasteiger partial charge in [-0.2, -0.15) is 0 Å². The van der Waals surface area contributed by atoms with Crippen LogP contribution in [0, 0.1) is 3.57 Å². The van der Waals surface area contributed by atoms with Gasteiger partial charge in [-0.25, -0.2) is 0 Å². The zero-order valence-corrected chi connectivity index (χ0v) is 12.8. The third kappa shape index (κ3) is 2.35. The molecule has 2 amide bonds. The number of imide groups is 1. The van der Waals surface area contributed by atoms with Crippen molar-refractivity contribution in [3.05, 3.63) is 63.7 Å². The number of anilines is 1. The molecule has 2 aromatic carbocycles. The maximum absolute atomic E-state index is 12.5. The van der Waals surface area contributed by atoms with Gasteiger partial charge in [0.15, 0.2) is 0 Å². The first kappa shape index (κ1) is 13.3. The molecule has 0 bridgehead atoms. The van der Waals surface area contributed by atoms with Gasteiger partial charge in [-0.1, -0.05) is 30.3 Å². The van der Waals surface area contributed by atoms with E-state index in [2.05, 4.69) is 22.6 Å². The van der Waals surface area contributed by atoms with Gasteiger partial charge in [0.05, 0.1) is 11.6 Å². The lowest BCUT2D eigenvalue weighted by molar-refractivity contribution is -0.121. The predicted molar refractivity (Wildman–Crippen MR) is 85.5 cm³/mol. The number of hydrogen-bond donors (Lipinski definition) is 0. The van der Waals surface area contributed by atoms with E-state index in [1.807, 2.05) is 54.6 Å². The molecule has 100 valence electrons. The topological polar surface area (TPSA) is 37.4 Å². The van der Waals surface area contributed by atoms with Crippen molar-refractivity contribution in [1.82, 2.24) is 0 Å². The van der Waals surface area contributed by atoms with Crippen molar-refractivity contribution < 1.29 is 9.59 Å². The van der Waals surface area contributed by atoms with Gasteiger partial charge in [0.1, 0.15) is 0 Å². The van der Waals surface area contributed by atoms with Crippen LogP contribution in [-0.2, 0) is 9.59 Å². The Bertz CT molecular complexity index is 652. The van der Waals surface area contributed by atoms with Crippen molar-refractivity contribution in [3.63, 3.8) is 0 Å². The summed E-state index contributed by atoms with van der Waals surface area (Å²) in [6.45, 7) is 0. The Morgan fingerprint density at radius 2 is 1.60 bits per heavy atom. The number of rotatable bonds is 2. The summed E-state index contributed by atoms with van der Waals surface area (Å²) in [6.07, 6.45) is 0.245. The molecule has 1 heterocycles. The molecule has 20 heavy (non-hydrogen) atoms. The van der Waals surface area contributed by atoms with Crippen LogP contribution in [0.5, 0.6) is 0 Å². The van der Waals surface area contributed by atoms with Gasteiger partial charge in [-0.05, 0) is 52.4 Å². The first-order chi connectivity index (χ1) is 9.66. The first-order valence-corrected chi connectivity index (χ1v) is 7.42. The summed E-state index contributed by atoms with van der Waals surface area (Å²) in [7, 11) is 0. The highest BCUT2D eigenvalue weighted by Gasteiger charge is 2.40. The van der Waals surface area contributed by atoms with Crippen LogP contribution in [-0.4, -0.2) is 11.8 Å². The highest BCUT2D eigenvalue weighted by Crippen LogP contribution is 2.33. The van der Waals surface area contributed by atoms with Gasteiger partial charge in [-0.15, -0.1) is 0 Å². The number of carbonyl (C=O) groups is 2. The van der Waals surface area contributed by atoms with Crippen LogP contribution in [0.3, 0.4) is 0 Å². The largest absolute Gasteiger partial charge is 0.274 e. The average Bonchev–Trinajstić information content (AvgIpc) is 2.76. The highest BCUT2D eigenvalue weighted by molar-refractivity contribution is 14.1. The van der Waals surface area contributed by atoms with E-state index in [9.17, 15) is 9.59 Å². The van der Waals surface area contributed by atoms with Crippen LogP contribution in [0.1, 0.15) is 17.9 Å². The number of carbonyl (C=O) groups excluding carboxylic acids is 2. The van der Waals surface area contributed by atoms with Crippen molar-refractivity contribution in [2.75, 3.05) is 4.90 Å². The van der Waals surface area contributed by atoms with E-state index in [4.69, 9.17) is 0 Å². The van der Waals surface area contributed by atoms with E-state index in [0.717, 1.165) is 9.13 Å². The standard InChI is InChI=1S/C16H12INO2/c17-12-6-8-13(9-7-12)18-15(19)10-14(16(18)20)11-4-2-1-3-5-11/h1-9,14H,10H2/t14-/m1/s1. The fourth-order valence-electron chi connectivity index (χ4n) is 2.44. The molecule has 0 aliphatic carbocycles. The third-order valence-electron chi connectivity index (χ3n) is 3.43. The van der Waals surface area contributed by atoms with Crippen molar-refractivity contribution in [2.24, 2.45) is 0 Å². The van der Waals surface area contributed by atoms with E-state index in [-0.39, 0.29) is 24.2 Å². The Morgan fingerprint density at radius 3 is 2.25 bits per heavy atom. The lowest BCUT2D eigenvalue weighted by Gasteiger charge is -2.15. The second-order valence-corrected chi connectivity index (χ2v) is 5.96. The highest BCUT2D eigenvalue weighted by atomic mass is 127. The second-order valence-electron chi connectivity index (χ2n) is 4.71. The maximum Gasteiger partial charge on any atom is 0.241 e. The van der Waals surface area contributed by atoms with Crippen molar-refractivity contribution >= 4 is 40.1 Å². The Labute approximate surface area is 130 Å². The number of hydrogen-bond acceptors (Lipinski definition) is 2. The van der Waals surface area contributed by atoms with Crippen LogP contribution in [0.15, 0.2) is 54.6 Å². The van der Waals surface area contributed by atoms with Gasteiger partial charge in [0.2, 0.25) is 11.8 Å². The van der Waals surface area contributed by atoms with E-state index in [1.54, 1.807) is 0 Å². The molecule has 0 unspecified atom stereocenters. The zero-order chi connectivity index (χ0) is 14.1. The molecule has 1 aliphatic heterocycles. The summed E-state index contributed by atoms with van der Waals surface area (Å²) < 4.78 is 1.07. The smallest absolute Gasteiger partial charge is 0.241 e. The monoisotopic (exact) mass is 377 g/mol. The van der Waals surface area contributed by atoms with Crippen LogP contribution in [0.2, 0.25) is 0 Å². The Kier molecular flexibility index (Phi) is 3.56. The first-order valence-electron chi connectivity index (χ1n) is 6.34. The van der Waals surface area contributed by atoms with Crippen molar-refractivity contribution in [3.8, 4) is 0 Å². The molecule has 1 aliphatic rings. The molecule has 0 N–H and O–H groups in total. The minimum absolute atomic E-state index is 0.134. The van der Waals surface area contributed by atoms with Gasteiger partial charge >= 0.3 is 0 Å². The fourth-order valence-corrected chi connectivity index (χ4v) is 2.80. The summed E-state index contributed by atoms with van der Waals surface area (Å²) >= 11 is 2.20. The van der Waals surface area contributed by atoms with Gasteiger partial charge in [0, 0.05) is 9.99 Å². The quantitative estimate of drug-likeness (QED) is 0.595. The predicted octanol–water partition coefficient (Wildman–Crippen LogP) is 3.34. The van der Waals surface area contributed by atoms with Crippen LogP contribution < -0.4 is 4.90 Å². The summed E-state index contributed by atoms with van der Waals surface area (Å²) in [5, 5.41) is 0. The molecule has 1 saturated heterocycles. The summed E-state index contributed by atoms with van der Waals surface area (Å²) in [5.41, 5.74) is 1.55. The lowest BCUT2D eigenvalue weighted by Crippen LogP contribution is -2.29. The molecule has 0 saturated carbocycles. The molecule has 0 spiro atoms. The molecule has 0 radical (unpaired) electrons. The van der Waals surface area contributed by atoms with Gasteiger partial charge < -0.3 is 0 Å². The zero-order valence-electron chi connectivity index (χ0n) is 10.6. The summed E-state index contributed by atoms with van der Waals surface area (Å²) in [5.74, 6) is -0.629. The minimum atomic E-state index is -0.358. The molecule has 1 atom stereocenters. The second kappa shape index (κ2) is 5.36. The normalized spacial score (nSPS) is 18.6. The third-order valence-corrected chi connectivity index (χ3v) is 4.15. The fraction of sp³-hybridized carbons (Fsp3) is 0.125. The Morgan fingerprint density at radius 1 is 0.950 bits per heavy atom. The SMILES string of the molecule is O=C1C[C@H](c2ccccc2)C(=O)N1c1ccc(I)cc1. The van der Waals surface area contributed by atoms with Crippen LogP contribution in [0.25, 0.3) is 0 Å². The molecule has 0 aromatic heterocycles. The minimum Gasteiger partial charge on any atom is -0.274 e. The summed E-state index contributed by atoms with van der Waals surface area (Å²) in [6, 6.07) is 16.9. The Hall–Kier alpha value is -1.69. The average molecular weight is 377 g/mol. The molecular formula is C16H12INO2.